The van der Waals surface area contributed by atoms with Crippen molar-refractivity contribution in [2.75, 3.05) is 7.11 Å². The van der Waals surface area contributed by atoms with E-state index in [1.807, 2.05) is 54.6 Å². The number of aryl methyl sites for hydroxylation is 1. The van der Waals surface area contributed by atoms with Gasteiger partial charge >= 0.3 is 0 Å². The third-order valence-corrected chi connectivity index (χ3v) is 5.97. The Morgan fingerprint density at radius 2 is 1.69 bits per heavy atom. The van der Waals surface area contributed by atoms with Gasteiger partial charge in [0.25, 0.3) is 0 Å². The van der Waals surface area contributed by atoms with Crippen LogP contribution in [-0.2, 0) is 6.61 Å². The van der Waals surface area contributed by atoms with Gasteiger partial charge < -0.3 is 9.47 Å². The van der Waals surface area contributed by atoms with Gasteiger partial charge in [0.2, 0.25) is 0 Å². The number of methoxy groups -OCH3 is 1. The molecule has 0 bridgehead atoms. The molecule has 0 saturated carbocycles. The lowest BCUT2D eigenvalue weighted by molar-refractivity contribution is 0.284. The van der Waals surface area contributed by atoms with Gasteiger partial charge in [0.1, 0.15) is 6.61 Å². The second-order valence-corrected chi connectivity index (χ2v) is 8.38. The summed E-state index contributed by atoms with van der Waals surface area (Å²) < 4.78 is 12.4. The van der Waals surface area contributed by atoms with Crippen LogP contribution in [0, 0.1) is 18.3 Å². The minimum Gasteiger partial charge on any atom is -0.493 e. The second-order valence-electron chi connectivity index (χ2n) is 7.53. The van der Waals surface area contributed by atoms with Crippen LogP contribution in [0.1, 0.15) is 22.3 Å². The Morgan fingerprint density at radius 1 is 0.938 bits per heavy atom. The molecule has 0 N–H and O–H groups in total. The number of fused-ring (bicyclic) bond motifs is 1. The molecule has 0 unspecified atom stereocenters. The molecule has 0 radical (unpaired) electrons. The normalized spacial score (nSPS) is 11.2. The lowest BCUT2D eigenvalue weighted by atomic mass is 10.00. The predicted octanol–water partition coefficient (Wildman–Crippen LogP) is 7.56. The Labute approximate surface area is 196 Å². The van der Waals surface area contributed by atoms with E-state index in [-0.39, 0.29) is 0 Å². The molecule has 0 fully saturated rings. The van der Waals surface area contributed by atoms with Crippen molar-refractivity contribution in [2.45, 2.75) is 13.5 Å². The van der Waals surface area contributed by atoms with Crippen molar-refractivity contribution in [1.82, 2.24) is 0 Å². The van der Waals surface area contributed by atoms with Gasteiger partial charge in [0.15, 0.2) is 11.5 Å². The highest BCUT2D eigenvalue weighted by atomic mass is 79.9. The smallest absolute Gasteiger partial charge is 0.162 e. The van der Waals surface area contributed by atoms with E-state index in [0.29, 0.717) is 23.7 Å². The number of nitriles is 1. The number of allylic oxidation sites excluding steroid dienone is 1. The van der Waals surface area contributed by atoms with Crippen molar-refractivity contribution in [3.05, 3.63) is 106 Å². The quantitative estimate of drug-likeness (QED) is 0.210. The average molecular weight is 484 g/mol. The zero-order valence-corrected chi connectivity index (χ0v) is 19.5. The molecule has 4 heteroatoms. The number of hydrogen-bond acceptors (Lipinski definition) is 3. The molecule has 32 heavy (non-hydrogen) atoms. The number of halogens is 1. The summed E-state index contributed by atoms with van der Waals surface area (Å²) in [5.74, 6) is 1.25. The molecule has 0 aromatic heterocycles. The zero-order valence-electron chi connectivity index (χ0n) is 17.9. The van der Waals surface area contributed by atoms with Crippen LogP contribution in [0.25, 0.3) is 22.4 Å². The van der Waals surface area contributed by atoms with Gasteiger partial charge in [-0.1, -0.05) is 82.2 Å². The predicted molar refractivity (Wildman–Crippen MR) is 134 cm³/mol. The molecular formula is C28H22BrNO2. The van der Waals surface area contributed by atoms with Gasteiger partial charge in [-0.3, -0.25) is 0 Å². The standard InChI is InChI=1S/C28H22BrNO2/c1-19-7-9-20(10-8-19)18-32-28-16-26(29)24(15-27(28)31-2)14-25(17-30)23-12-11-21-5-3-4-6-22(21)13-23/h3-16H,18H2,1-2H3/b25-14-. The van der Waals surface area contributed by atoms with Gasteiger partial charge in [-0.15, -0.1) is 0 Å². The summed E-state index contributed by atoms with van der Waals surface area (Å²) in [4.78, 5) is 0. The number of ether oxygens (including phenoxy) is 2. The topological polar surface area (TPSA) is 42.2 Å². The minimum absolute atomic E-state index is 0.443. The maximum absolute atomic E-state index is 9.83. The first kappa shape index (κ1) is 21.7. The maximum Gasteiger partial charge on any atom is 0.162 e. The summed E-state index contributed by atoms with van der Waals surface area (Å²) >= 11 is 3.63. The Morgan fingerprint density at radius 3 is 2.41 bits per heavy atom. The molecule has 0 aliphatic rings. The van der Waals surface area contributed by atoms with E-state index in [9.17, 15) is 5.26 Å². The van der Waals surface area contributed by atoms with Crippen LogP contribution >= 0.6 is 15.9 Å². The van der Waals surface area contributed by atoms with E-state index < -0.39 is 0 Å². The first-order chi connectivity index (χ1) is 15.6. The Balaban J connectivity index is 1.64. The van der Waals surface area contributed by atoms with Crippen LogP contribution in [0.2, 0.25) is 0 Å². The van der Waals surface area contributed by atoms with E-state index in [1.165, 1.54) is 5.56 Å². The second kappa shape index (κ2) is 9.72. The summed E-state index contributed by atoms with van der Waals surface area (Å²) in [7, 11) is 1.62. The Kier molecular flexibility index (Phi) is 6.58. The molecule has 0 aliphatic heterocycles. The first-order valence-electron chi connectivity index (χ1n) is 10.2. The van der Waals surface area contributed by atoms with Crippen molar-refractivity contribution in [3.8, 4) is 17.6 Å². The number of hydrogen-bond donors (Lipinski definition) is 0. The van der Waals surface area contributed by atoms with E-state index >= 15 is 0 Å². The lowest BCUT2D eigenvalue weighted by Crippen LogP contribution is -1.98. The molecular weight excluding hydrogens is 462 g/mol. The van der Waals surface area contributed by atoms with Gasteiger partial charge in [-0.05, 0) is 58.7 Å². The van der Waals surface area contributed by atoms with Crippen LogP contribution in [0.5, 0.6) is 11.5 Å². The highest BCUT2D eigenvalue weighted by molar-refractivity contribution is 9.10. The fraction of sp³-hybridized carbons (Fsp3) is 0.107. The van der Waals surface area contributed by atoms with Crippen molar-refractivity contribution in [1.29, 1.82) is 5.26 Å². The SMILES string of the molecule is COc1cc(/C=C(/C#N)c2ccc3ccccc3c2)c(Br)cc1OCc1ccc(C)cc1. The average Bonchev–Trinajstić information content (AvgIpc) is 2.82. The van der Waals surface area contributed by atoms with E-state index in [1.54, 1.807) is 7.11 Å². The molecule has 4 rings (SSSR count). The molecule has 4 aromatic rings. The monoisotopic (exact) mass is 483 g/mol. The van der Waals surface area contributed by atoms with Gasteiger partial charge in [-0.2, -0.15) is 5.26 Å². The third-order valence-electron chi connectivity index (χ3n) is 5.28. The number of nitrogens with zero attached hydrogens (tertiary/aromatic N) is 1. The molecule has 0 heterocycles. The molecule has 0 amide bonds. The summed E-state index contributed by atoms with van der Waals surface area (Å²) in [5.41, 5.74) is 4.59. The molecule has 158 valence electrons. The van der Waals surface area contributed by atoms with Crippen LogP contribution in [0.15, 0.2) is 83.3 Å². The lowest BCUT2D eigenvalue weighted by Gasteiger charge is -2.13. The summed E-state index contributed by atoms with van der Waals surface area (Å²) in [6, 6.07) is 28.5. The van der Waals surface area contributed by atoms with Crippen molar-refractivity contribution in [3.63, 3.8) is 0 Å². The van der Waals surface area contributed by atoms with Gasteiger partial charge in [-0.25, -0.2) is 0 Å². The molecule has 4 aromatic carbocycles. The van der Waals surface area contributed by atoms with Gasteiger partial charge in [0, 0.05) is 4.47 Å². The van der Waals surface area contributed by atoms with E-state index in [0.717, 1.165) is 31.9 Å². The third kappa shape index (κ3) is 4.85. The summed E-state index contributed by atoms with van der Waals surface area (Å²) in [6.07, 6.45) is 1.86. The molecule has 0 atom stereocenters. The molecule has 0 saturated heterocycles. The largest absolute Gasteiger partial charge is 0.493 e. The number of rotatable bonds is 6. The maximum atomic E-state index is 9.83. The minimum atomic E-state index is 0.443. The highest BCUT2D eigenvalue weighted by Gasteiger charge is 2.11. The van der Waals surface area contributed by atoms with Crippen molar-refractivity contribution < 1.29 is 9.47 Å². The fourth-order valence-corrected chi connectivity index (χ4v) is 3.91. The zero-order chi connectivity index (χ0) is 22.5. The van der Waals surface area contributed by atoms with E-state index in [4.69, 9.17) is 9.47 Å². The molecule has 3 nitrogen and oxygen atoms in total. The van der Waals surface area contributed by atoms with Crippen LogP contribution in [-0.4, -0.2) is 7.11 Å². The molecule has 0 spiro atoms. The van der Waals surface area contributed by atoms with E-state index in [2.05, 4.69) is 59.3 Å². The fourth-order valence-electron chi connectivity index (χ4n) is 3.47. The summed E-state index contributed by atoms with van der Waals surface area (Å²) in [5, 5.41) is 12.1. The first-order valence-corrected chi connectivity index (χ1v) is 11.0. The van der Waals surface area contributed by atoms with Crippen molar-refractivity contribution in [2.24, 2.45) is 0 Å². The Hall–Kier alpha value is -3.55. The van der Waals surface area contributed by atoms with Crippen molar-refractivity contribution >= 4 is 38.4 Å². The van der Waals surface area contributed by atoms with Crippen LogP contribution < -0.4 is 9.47 Å². The highest BCUT2D eigenvalue weighted by Crippen LogP contribution is 2.36. The molecule has 0 aliphatic carbocycles. The van der Waals surface area contributed by atoms with Gasteiger partial charge in [0.05, 0.1) is 18.8 Å². The van der Waals surface area contributed by atoms with Crippen LogP contribution in [0.4, 0.5) is 0 Å². The number of benzene rings is 4. The Bertz CT molecular complexity index is 1330. The summed E-state index contributed by atoms with van der Waals surface area (Å²) in [6.45, 7) is 2.50. The van der Waals surface area contributed by atoms with Crippen LogP contribution in [0.3, 0.4) is 0 Å².